The first-order chi connectivity index (χ1) is 8.76. The van der Waals surface area contributed by atoms with Crippen LogP contribution in [-0.2, 0) is 0 Å². The Hall–Kier alpha value is -0.120. The third-order valence-electron chi connectivity index (χ3n) is 5.13. The number of nitrogens with one attached hydrogen (secondary N) is 1. The fourth-order valence-corrected chi connectivity index (χ4v) is 3.65. The molecule has 18 heavy (non-hydrogen) atoms. The van der Waals surface area contributed by atoms with Gasteiger partial charge in [0.15, 0.2) is 0 Å². The van der Waals surface area contributed by atoms with E-state index in [4.69, 9.17) is 0 Å². The fourth-order valence-electron chi connectivity index (χ4n) is 3.65. The maximum Gasteiger partial charge on any atom is 0.0250 e. The van der Waals surface area contributed by atoms with Crippen molar-refractivity contribution < 1.29 is 0 Å². The normalized spacial score (nSPS) is 33.5. The van der Waals surface area contributed by atoms with Crippen molar-refractivity contribution >= 4 is 0 Å². The van der Waals surface area contributed by atoms with E-state index in [-0.39, 0.29) is 0 Å². The predicted octanol–water partition coefficient (Wildman–Crippen LogP) is 1.93. The van der Waals surface area contributed by atoms with Gasteiger partial charge in [0.25, 0.3) is 0 Å². The zero-order valence-corrected chi connectivity index (χ0v) is 12.5. The largest absolute Gasteiger partial charge is 0.315 e. The predicted molar refractivity (Wildman–Crippen MR) is 78.0 cm³/mol. The van der Waals surface area contributed by atoms with E-state index in [0.717, 1.165) is 18.1 Å². The summed E-state index contributed by atoms with van der Waals surface area (Å²) in [6, 6.07) is 2.29. The molecule has 2 fully saturated rings. The van der Waals surface area contributed by atoms with Crippen LogP contribution in [0.5, 0.6) is 0 Å². The highest BCUT2D eigenvalue weighted by Gasteiger charge is 2.31. The molecule has 1 heterocycles. The summed E-state index contributed by atoms with van der Waals surface area (Å²) in [7, 11) is 2.14. The van der Waals surface area contributed by atoms with Crippen molar-refractivity contribution in [2.45, 2.75) is 64.1 Å². The van der Waals surface area contributed by atoms with Gasteiger partial charge >= 0.3 is 0 Å². The number of rotatable bonds is 4. The number of hydrogen-bond acceptors (Lipinski definition) is 3. The Morgan fingerprint density at radius 3 is 2.39 bits per heavy atom. The third-order valence-corrected chi connectivity index (χ3v) is 5.13. The summed E-state index contributed by atoms with van der Waals surface area (Å²) in [4.78, 5) is 5.41. The molecule has 1 aliphatic heterocycles. The number of nitrogens with zero attached hydrogens (tertiary/aromatic N) is 2. The number of piperazine rings is 1. The van der Waals surface area contributed by atoms with Gasteiger partial charge in [0.2, 0.25) is 0 Å². The Kier molecular flexibility index (Phi) is 5.46. The molecule has 1 saturated carbocycles. The third kappa shape index (κ3) is 3.25. The summed E-state index contributed by atoms with van der Waals surface area (Å²) >= 11 is 0. The lowest BCUT2D eigenvalue weighted by Gasteiger charge is -2.45. The molecule has 2 rings (SSSR count). The van der Waals surface area contributed by atoms with Gasteiger partial charge in [0.05, 0.1) is 0 Å². The van der Waals surface area contributed by atoms with Gasteiger partial charge in [-0.3, -0.25) is 9.80 Å². The Morgan fingerprint density at radius 2 is 1.78 bits per heavy atom. The van der Waals surface area contributed by atoms with Gasteiger partial charge in [-0.2, -0.15) is 0 Å². The van der Waals surface area contributed by atoms with E-state index in [2.05, 4.69) is 36.0 Å². The lowest BCUT2D eigenvalue weighted by atomic mass is 9.89. The minimum atomic E-state index is 0.730. The van der Waals surface area contributed by atoms with Crippen LogP contribution in [0, 0.1) is 0 Å². The van der Waals surface area contributed by atoms with Gasteiger partial charge in [-0.1, -0.05) is 19.8 Å². The zero-order valence-electron chi connectivity index (χ0n) is 12.5. The molecule has 2 aliphatic rings. The summed E-state index contributed by atoms with van der Waals surface area (Å²) in [5, 5.41) is 3.54. The molecule has 3 heteroatoms. The number of likely N-dealkylation sites (N-methyl/N-ethyl adjacent to an activating group) is 1. The van der Waals surface area contributed by atoms with Crippen molar-refractivity contribution in [2.24, 2.45) is 0 Å². The molecule has 0 aromatic heterocycles. The van der Waals surface area contributed by atoms with E-state index >= 15 is 0 Å². The average Bonchev–Trinajstić information content (AvgIpc) is 2.46. The van der Waals surface area contributed by atoms with Gasteiger partial charge < -0.3 is 5.32 Å². The van der Waals surface area contributed by atoms with Crippen LogP contribution in [0.25, 0.3) is 0 Å². The molecule has 1 saturated heterocycles. The summed E-state index contributed by atoms with van der Waals surface area (Å²) in [6.07, 6.45) is 6.88. The van der Waals surface area contributed by atoms with Crippen molar-refractivity contribution in [3.05, 3.63) is 0 Å². The first kappa shape index (κ1) is 14.3. The minimum Gasteiger partial charge on any atom is -0.315 e. The summed E-state index contributed by atoms with van der Waals surface area (Å²) in [5.74, 6) is 0. The van der Waals surface area contributed by atoms with Crippen LogP contribution in [0.2, 0.25) is 0 Å². The van der Waals surface area contributed by atoms with Crippen molar-refractivity contribution in [1.29, 1.82) is 0 Å². The topological polar surface area (TPSA) is 18.5 Å². The monoisotopic (exact) mass is 253 g/mol. The fraction of sp³-hybridized carbons (Fsp3) is 1.00. The van der Waals surface area contributed by atoms with Crippen LogP contribution in [-0.4, -0.2) is 61.2 Å². The molecule has 0 aromatic rings. The minimum absolute atomic E-state index is 0.730. The van der Waals surface area contributed by atoms with Gasteiger partial charge in [0.1, 0.15) is 0 Å². The van der Waals surface area contributed by atoms with E-state index < -0.39 is 0 Å². The maximum absolute atomic E-state index is 3.54. The quantitative estimate of drug-likeness (QED) is 0.826. The van der Waals surface area contributed by atoms with Gasteiger partial charge in [-0.25, -0.2) is 0 Å². The van der Waals surface area contributed by atoms with E-state index in [9.17, 15) is 0 Å². The van der Waals surface area contributed by atoms with E-state index in [0.29, 0.717) is 0 Å². The van der Waals surface area contributed by atoms with Crippen LogP contribution in [0.15, 0.2) is 0 Å². The second kappa shape index (κ2) is 6.88. The van der Waals surface area contributed by atoms with Crippen molar-refractivity contribution in [1.82, 2.24) is 15.1 Å². The highest BCUT2D eigenvalue weighted by atomic mass is 15.3. The summed E-state index contributed by atoms with van der Waals surface area (Å²) in [5.41, 5.74) is 0. The lowest BCUT2D eigenvalue weighted by molar-refractivity contribution is 0.0470. The SMILES string of the molecule is CCC(C)N1CCN(C2CCCCC2NC)CC1. The van der Waals surface area contributed by atoms with E-state index in [1.807, 2.05) is 0 Å². The molecule has 0 radical (unpaired) electrons. The molecule has 0 aromatic carbocycles. The van der Waals surface area contributed by atoms with Crippen molar-refractivity contribution in [3.63, 3.8) is 0 Å². The first-order valence-electron chi connectivity index (χ1n) is 7.91. The molecular weight excluding hydrogens is 222 g/mol. The van der Waals surface area contributed by atoms with Crippen LogP contribution < -0.4 is 5.32 Å². The summed E-state index contributed by atoms with van der Waals surface area (Å²) < 4.78 is 0. The van der Waals surface area contributed by atoms with E-state index in [1.54, 1.807) is 0 Å². The molecular formula is C15H31N3. The maximum atomic E-state index is 3.54. The van der Waals surface area contributed by atoms with Crippen LogP contribution in [0.4, 0.5) is 0 Å². The lowest BCUT2D eigenvalue weighted by Crippen LogP contribution is -2.58. The number of hydrogen-bond donors (Lipinski definition) is 1. The average molecular weight is 253 g/mol. The van der Waals surface area contributed by atoms with Crippen LogP contribution in [0.1, 0.15) is 46.0 Å². The summed E-state index contributed by atoms with van der Waals surface area (Å²) in [6.45, 7) is 9.74. The molecule has 1 aliphatic carbocycles. The van der Waals surface area contributed by atoms with Crippen LogP contribution in [0.3, 0.4) is 0 Å². The van der Waals surface area contributed by atoms with Crippen LogP contribution >= 0.6 is 0 Å². The van der Waals surface area contributed by atoms with Gasteiger partial charge in [-0.15, -0.1) is 0 Å². The standard InChI is InChI=1S/C15H31N3/c1-4-13(2)17-9-11-18(12-10-17)15-8-6-5-7-14(15)16-3/h13-16H,4-12H2,1-3H3. The molecule has 3 nitrogen and oxygen atoms in total. The highest BCUT2D eigenvalue weighted by Crippen LogP contribution is 2.24. The Labute approximate surface area is 113 Å². The smallest absolute Gasteiger partial charge is 0.0250 e. The first-order valence-corrected chi connectivity index (χ1v) is 7.91. The Morgan fingerprint density at radius 1 is 1.11 bits per heavy atom. The second-order valence-electron chi connectivity index (χ2n) is 6.08. The van der Waals surface area contributed by atoms with Gasteiger partial charge in [-0.05, 0) is 33.2 Å². The van der Waals surface area contributed by atoms with Gasteiger partial charge in [0, 0.05) is 44.3 Å². The second-order valence-corrected chi connectivity index (χ2v) is 6.08. The molecule has 1 N–H and O–H groups in total. The molecule has 0 bridgehead atoms. The molecule has 0 amide bonds. The van der Waals surface area contributed by atoms with Crippen molar-refractivity contribution in [2.75, 3.05) is 33.2 Å². The van der Waals surface area contributed by atoms with E-state index in [1.165, 1.54) is 58.3 Å². The molecule has 0 spiro atoms. The molecule has 3 unspecified atom stereocenters. The Bertz CT molecular complexity index is 236. The Balaban J connectivity index is 1.84. The zero-order chi connectivity index (χ0) is 13.0. The molecule has 106 valence electrons. The van der Waals surface area contributed by atoms with Crippen molar-refractivity contribution in [3.8, 4) is 0 Å². The highest BCUT2D eigenvalue weighted by molar-refractivity contribution is 4.90. The molecule has 3 atom stereocenters.